The van der Waals surface area contributed by atoms with Gasteiger partial charge in [0.15, 0.2) is 5.65 Å². The highest BCUT2D eigenvalue weighted by molar-refractivity contribution is 7.13. The second kappa shape index (κ2) is 8.99. The molecule has 1 fully saturated rings. The number of pyridine rings is 1. The van der Waals surface area contributed by atoms with E-state index in [2.05, 4.69) is 15.3 Å². The van der Waals surface area contributed by atoms with Crippen LogP contribution in [0.15, 0.2) is 29.8 Å². The van der Waals surface area contributed by atoms with Crippen LogP contribution in [0, 0.1) is 0 Å². The van der Waals surface area contributed by atoms with Gasteiger partial charge in [-0.25, -0.2) is 9.67 Å². The van der Waals surface area contributed by atoms with Gasteiger partial charge in [0, 0.05) is 38.3 Å². The summed E-state index contributed by atoms with van der Waals surface area (Å²) in [4.78, 5) is 35.5. The molecule has 32 heavy (non-hydrogen) atoms. The molecule has 9 heteroatoms. The molecule has 4 rings (SSSR count). The first-order chi connectivity index (χ1) is 15.2. The normalized spacial score (nSPS) is 15.3. The zero-order chi connectivity index (χ0) is 22.9. The Labute approximate surface area is 192 Å². The minimum absolute atomic E-state index is 0.00958. The molecule has 2 amide bonds. The second-order valence-corrected chi connectivity index (χ2v) is 10.0. The minimum atomic E-state index is -0.245. The molecule has 0 unspecified atom stereocenters. The van der Waals surface area contributed by atoms with Crippen LogP contribution in [0.25, 0.3) is 21.6 Å². The molecule has 1 N–H and O–H groups in total. The second-order valence-electron chi connectivity index (χ2n) is 9.10. The van der Waals surface area contributed by atoms with Crippen molar-refractivity contribution in [2.45, 2.75) is 39.8 Å². The number of nitrogens with zero attached hydrogens (tertiary/aromatic N) is 5. The zero-order valence-electron chi connectivity index (χ0n) is 19.1. The summed E-state index contributed by atoms with van der Waals surface area (Å²) in [5, 5.41) is 10.2. The fraction of sp³-hybridized carbons (Fsp3) is 0.478. The molecule has 0 spiro atoms. The lowest BCUT2D eigenvalue weighted by Crippen LogP contribution is -2.52. The summed E-state index contributed by atoms with van der Waals surface area (Å²) >= 11 is 1.60. The van der Waals surface area contributed by atoms with Crippen molar-refractivity contribution in [3.8, 4) is 10.6 Å². The van der Waals surface area contributed by atoms with E-state index in [1.54, 1.807) is 17.5 Å². The third kappa shape index (κ3) is 4.83. The number of piperazine rings is 1. The summed E-state index contributed by atoms with van der Waals surface area (Å²) in [5.74, 6) is 0.00494. The largest absolute Gasteiger partial charge is 0.350 e. The number of hydrogen-bond donors (Lipinski definition) is 1. The third-order valence-corrected chi connectivity index (χ3v) is 6.35. The lowest BCUT2D eigenvalue weighted by Gasteiger charge is -2.35. The fourth-order valence-electron chi connectivity index (χ4n) is 3.95. The van der Waals surface area contributed by atoms with Crippen LogP contribution in [-0.4, -0.2) is 74.6 Å². The minimum Gasteiger partial charge on any atom is -0.350 e. The summed E-state index contributed by atoms with van der Waals surface area (Å²) in [6.07, 6.45) is 1.74. The van der Waals surface area contributed by atoms with Gasteiger partial charge in [0.2, 0.25) is 5.91 Å². The average Bonchev–Trinajstić information content (AvgIpc) is 3.41. The maximum absolute atomic E-state index is 13.5. The highest BCUT2D eigenvalue weighted by Gasteiger charge is 2.27. The van der Waals surface area contributed by atoms with Gasteiger partial charge in [-0.2, -0.15) is 5.10 Å². The lowest BCUT2D eigenvalue weighted by atomic mass is 10.1. The van der Waals surface area contributed by atoms with Crippen molar-refractivity contribution in [2.24, 2.45) is 0 Å². The van der Waals surface area contributed by atoms with Crippen molar-refractivity contribution in [2.75, 3.05) is 32.7 Å². The molecule has 1 aliphatic heterocycles. The molecule has 0 bridgehead atoms. The topological polar surface area (TPSA) is 83.4 Å². The number of aryl methyl sites for hydroxylation is 1. The van der Waals surface area contributed by atoms with Crippen LogP contribution in [-0.2, 0) is 11.3 Å². The number of nitrogens with one attached hydrogen (secondary N) is 1. The van der Waals surface area contributed by atoms with E-state index in [0.717, 1.165) is 21.6 Å². The summed E-state index contributed by atoms with van der Waals surface area (Å²) in [7, 11) is 0. The van der Waals surface area contributed by atoms with Gasteiger partial charge in [0.25, 0.3) is 5.91 Å². The van der Waals surface area contributed by atoms with E-state index in [0.29, 0.717) is 44.8 Å². The van der Waals surface area contributed by atoms with E-state index < -0.39 is 0 Å². The quantitative estimate of drug-likeness (QED) is 0.641. The maximum atomic E-state index is 13.5. The first-order valence-corrected chi connectivity index (χ1v) is 11.9. The van der Waals surface area contributed by atoms with Crippen molar-refractivity contribution < 1.29 is 9.59 Å². The highest BCUT2D eigenvalue weighted by Crippen LogP contribution is 2.29. The van der Waals surface area contributed by atoms with Crippen molar-refractivity contribution in [3.05, 3.63) is 35.3 Å². The van der Waals surface area contributed by atoms with E-state index in [1.807, 2.05) is 60.9 Å². The predicted molar refractivity (Wildman–Crippen MR) is 127 cm³/mol. The summed E-state index contributed by atoms with van der Waals surface area (Å²) in [6, 6.07) is 5.89. The van der Waals surface area contributed by atoms with Crippen molar-refractivity contribution in [1.29, 1.82) is 0 Å². The van der Waals surface area contributed by atoms with Crippen LogP contribution in [0.1, 0.15) is 38.1 Å². The van der Waals surface area contributed by atoms with Gasteiger partial charge in [-0.3, -0.25) is 14.5 Å². The molecule has 8 nitrogen and oxygen atoms in total. The molecule has 0 atom stereocenters. The molecule has 0 saturated carbocycles. The van der Waals surface area contributed by atoms with Crippen LogP contribution in [0.3, 0.4) is 0 Å². The number of thiophene rings is 1. The average molecular weight is 455 g/mol. The van der Waals surface area contributed by atoms with Gasteiger partial charge in [-0.15, -0.1) is 11.3 Å². The molecule has 170 valence electrons. The molecular formula is C23H30N6O2S. The van der Waals surface area contributed by atoms with Crippen molar-refractivity contribution >= 4 is 34.2 Å². The molecule has 0 aliphatic carbocycles. The summed E-state index contributed by atoms with van der Waals surface area (Å²) in [6.45, 7) is 11.5. The standard InChI is InChI=1S/C23H30N6O2S/c1-5-29-21-17(14-24-29)16(13-18(25-21)19-7-6-12-32-19)22(31)28-10-8-27(9-11-28)15-20(30)26-23(2,3)4/h6-7,12-14H,5,8-11,15H2,1-4H3,(H,26,30). The number of fused-ring (bicyclic) bond motifs is 1. The molecule has 1 saturated heterocycles. The summed E-state index contributed by atoms with van der Waals surface area (Å²) in [5.41, 5.74) is 1.92. The van der Waals surface area contributed by atoms with Crippen LogP contribution >= 0.6 is 11.3 Å². The highest BCUT2D eigenvalue weighted by atomic mass is 32.1. The first-order valence-electron chi connectivity index (χ1n) is 11.0. The number of carbonyl (C=O) groups excluding carboxylic acids is 2. The van der Waals surface area contributed by atoms with Crippen molar-refractivity contribution in [3.63, 3.8) is 0 Å². The summed E-state index contributed by atoms with van der Waals surface area (Å²) < 4.78 is 1.83. The molecule has 1 aliphatic rings. The molecule has 4 heterocycles. The number of aromatic nitrogens is 3. The van der Waals surface area contributed by atoms with E-state index in [4.69, 9.17) is 4.98 Å². The Hall–Kier alpha value is -2.78. The van der Waals surface area contributed by atoms with E-state index in [-0.39, 0.29) is 17.4 Å². The first kappa shape index (κ1) is 22.4. The Bertz CT molecular complexity index is 1110. The SMILES string of the molecule is CCn1ncc2c(C(=O)N3CCN(CC(=O)NC(C)(C)C)CC3)cc(-c3cccs3)nc21. The fourth-order valence-corrected chi connectivity index (χ4v) is 4.63. The van der Waals surface area contributed by atoms with E-state index >= 15 is 0 Å². The van der Waals surface area contributed by atoms with Gasteiger partial charge >= 0.3 is 0 Å². The monoisotopic (exact) mass is 454 g/mol. The van der Waals surface area contributed by atoms with Crippen LogP contribution in [0.4, 0.5) is 0 Å². The van der Waals surface area contributed by atoms with Crippen LogP contribution in [0.5, 0.6) is 0 Å². The third-order valence-electron chi connectivity index (χ3n) is 5.45. The van der Waals surface area contributed by atoms with Gasteiger partial charge < -0.3 is 10.2 Å². The van der Waals surface area contributed by atoms with Gasteiger partial charge in [-0.1, -0.05) is 6.07 Å². The zero-order valence-corrected chi connectivity index (χ0v) is 19.9. The van der Waals surface area contributed by atoms with Crippen LogP contribution < -0.4 is 5.32 Å². The predicted octanol–water partition coefficient (Wildman–Crippen LogP) is 2.85. The Morgan fingerprint density at radius 3 is 2.56 bits per heavy atom. The molecular weight excluding hydrogens is 424 g/mol. The van der Waals surface area contributed by atoms with E-state index in [1.165, 1.54) is 0 Å². The Balaban J connectivity index is 1.52. The molecule has 3 aromatic heterocycles. The number of hydrogen-bond acceptors (Lipinski definition) is 6. The lowest BCUT2D eigenvalue weighted by molar-refractivity contribution is -0.124. The van der Waals surface area contributed by atoms with Gasteiger partial charge in [-0.05, 0) is 45.2 Å². The Morgan fingerprint density at radius 1 is 1.19 bits per heavy atom. The Morgan fingerprint density at radius 2 is 1.94 bits per heavy atom. The number of rotatable bonds is 5. The van der Waals surface area contributed by atoms with E-state index in [9.17, 15) is 9.59 Å². The molecule has 3 aromatic rings. The van der Waals surface area contributed by atoms with Crippen molar-refractivity contribution in [1.82, 2.24) is 29.9 Å². The maximum Gasteiger partial charge on any atom is 0.254 e. The smallest absolute Gasteiger partial charge is 0.254 e. The van der Waals surface area contributed by atoms with Crippen LogP contribution in [0.2, 0.25) is 0 Å². The van der Waals surface area contributed by atoms with Gasteiger partial charge in [0.1, 0.15) is 0 Å². The molecule has 0 radical (unpaired) electrons. The van der Waals surface area contributed by atoms with Gasteiger partial charge in [0.05, 0.1) is 34.3 Å². The Kier molecular flexibility index (Phi) is 6.30. The number of carbonyl (C=O) groups is 2. The molecule has 0 aromatic carbocycles. The number of amides is 2.